The highest BCUT2D eigenvalue weighted by Gasteiger charge is 2.28. The van der Waals surface area contributed by atoms with Crippen LogP contribution in [-0.2, 0) is 0 Å². The van der Waals surface area contributed by atoms with E-state index in [1.807, 2.05) is 0 Å². The summed E-state index contributed by atoms with van der Waals surface area (Å²) in [5.41, 5.74) is 16.8. The lowest BCUT2D eigenvalue weighted by Gasteiger charge is -2.38. The quantitative estimate of drug-likeness (QED) is 0.155. The first kappa shape index (κ1) is 34.4. The predicted molar refractivity (Wildman–Crippen MR) is 235 cm³/mol. The van der Waals surface area contributed by atoms with Crippen molar-refractivity contribution in [3.05, 3.63) is 209 Å². The fourth-order valence-electron chi connectivity index (χ4n) is 9.44. The molecule has 0 saturated carbocycles. The lowest BCUT2D eigenvalue weighted by Crippen LogP contribution is -2.36. The minimum Gasteiger partial charge on any atom is -0.459 e. The SMILES string of the molecule is C1=CCCC(C2=CC=C(N(c3ccc(-c4cccc(-c5cccc6c7c(oc56)C(c5ccccc5)CC=C7)c4)cc3)C3CC=C(c4ccccc4)CC3)CC2)=C1. The Hall–Kier alpha value is -6.12. The maximum atomic E-state index is 6.84. The Kier molecular flexibility index (Phi) is 9.33. The van der Waals surface area contributed by atoms with E-state index in [9.17, 15) is 0 Å². The molecule has 56 heavy (non-hydrogen) atoms. The molecule has 0 amide bonds. The van der Waals surface area contributed by atoms with Crippen LogP contribution >= 0.6 is 0 Å². The summed E-state index contributed by atoms with van der Waals surface area (Å²) in [6.45, 7) is 0. The van der Waals surface area contributed by atoms with Crippen LogP contribution < -0.4 is 4.90 Å². The van der Waals surface area contributed by atoms with Crippen LogP contribution in [0.1, 0.15) is 79.7 Å². The molecule has 1 aromatic heterocycles. The molecule has 2 unspecified atom stereocenters. The van der Waals surface area contributed by atoms with Crippen LogP contribution in [0.4, 0.5) is 5.69 Å². The first-order valence-electron chi connectivity index (χ1n) is 20.5. The maximum absolute atomic E-state index is 6.84. The Balaban J connectivity index is 0.962. The number of anilines is 1. The molecule has 2 nitrogen and oxygen atoms in total. The van der Waals surface area contributed by atoms with Gasteiger partial charge in [-0.1, -0.05) is 152 Å². The van der Waals surface area contributed by atoms with E-state index in [-0.39, 0.29) is 5.92 Å². The zero-order chi connectivity index (χ0) is 37.3. The van der Waals surface area contributed by atoms with Crippen molar-refractivity contribution in [2.24, 2.45) is 0 Å². The van der Waals surface area contributed by atoms with Crippen LogP contribution in [0.5, 0.6) is 0 Å². The van der Waals surface area contributed by atoms with Gasteiger partial charge in [-0.3, -0.25) is 0 Å². The molecule has 1 heterocycles. The highest BCUT2D eigenvalue weighted by Crippen LogP contribution is 2.44. The largest absolute Gasteiger partial charge is 0.459 e. The van der Waals surface area contributed by atoms with E-state index in [2.05, 4.69) is 181 Å². The number of rotatable bonds is 8. The summed E-state index contributed by atoms with van der Waals surface area (Å²) < 4.78 is 6.84. The Morgan fingerprint density at radius 3 is 2.12 bits per heavy atom. The van der Waals surface area contributed by atoms with E-state index in [1.165, 1.54) is 66.9 Å². The third-order valence-corrected chi connectivity index (χ3v) is 12.4. The second-order valence-corrected chi connectivity index (χ2v) is 15.7. The molecule has 0 bridgehead atoms. The van der Waals surface area contributed by atoms with Crippen molar-refractivity contribution >= 4 is 28.3 Å². The molecule has 0 radical (unpaired) electrons. The third kappa shape index (κ3) is 6.64. The molecule has 6 aromatic rings. The van der Waals surface area contributed by atoms with Gasteiger partial charge in [-0.15, -0.1) is 0 Å². The Bertz CT molecular complexity index is 2570. The smallest absolute Gasteiger partial charge is 0.142 e. The van der Waals surface area contributed by atoms with Crippen molar-refractivity contribution in [1.82, 2.24) is 0 Å². The van der Waals surface area contributed by atoms with E-state index < -0.39 is 0 Å². The zero-order valence-electron chi connectivity index (χ0n) is 31.9. The number of hydrogen-bond acceptors (Lipinski definition) is 2. The van der Waals surface area contributed by atoms with Gasteiger partial charge in [0.15, 0.2) is 0 Å². The second kappa shape index (κ2) is 15.2. The Labute approximate surface area is 331 Å². The maximum Gasteiger partial charge on any atom is 0.142 e. The van der Waals surface area contributed by atoms with Crippen molar-refractivity contribution in [2.75, 3.05) is 4.90 Å². The summed E-state index contributed by atoms with van der Waals surface area (Å²) in [4.78, 5) is 2.66. The van der Waals surface area contributed by atoms with E-state index in [1.54, 1.807) is 0 Å². The number of para-hydroxylation sites is 1. The van der Waals surface area contributed by atoms with Crippen molar-refractivity contribution in [3.8, 4) is 22.3 Å². The topological polar surface area (TPSA) is 16.4 Å². The van der Waals surface area contributed by atoms with E-state index in [4.69, 9.17) is 4.42 Å². The van der Waals surface area contributed by atoms with Gasteiger partial charge in [-0.25, -0.2) is 0 Å². The Morgan fingerprint density at radius 2 is 1.36 bits per heavy atom. The van der Waals surface area contributed by atoms with Gasteiger partial charge in [-0.2, -0.15) is 0 Å². The molecule has 0 N–H and O–H groups in total. The van der Waals surface area contributed by atoms with Crippen LogP contribution in [0.25, 0.3) is 44.9 Å². The summed E-state index contributed by atoms with van der Waals surface area (Å²) in [6.07, 6.45) is 27.4. The van der Waals surface area contributed by atoms with E-state index >= 15 is 0 Å². The average Bonchev–Trinajstić information content (AvgIpc) is 3.68. The molecule has 274 valence electrons. The van der Waals surface area contributed by atoms with Crippen LogP contribution in [0.2, 0.25) is 0 Å². The molecule has 10 rings (SSSR count). The van der Waals surface area contributed by atoms with Gasteiger partial charge in [0, 0.05) is 39.9 Å². The summed E-state index contributed by atoms with van der Waals surface area (Å²) in [5.74, 6) is 1.30. The van der Waals surface area contributed by atoms with Gasteiger partial charge in [0.25, 0.3) is 0 Å². The fraction of sp³-hybridized carbons (Fsp3) is 0.185. The molecule has 0 spiro atoms. The van der Waals surface area contributed by atoms with Crippen LogP contribution in [-0.4, -0.2) is 6.04 Å². The summed E-state index contributed by atoms with van der Waals surface area (Å²) in [7, 11) is 0. The Morgan fingerprint density at radius 1 is 0.571 bits per heavy atom. The molecule has 0 fully saturated rings. The highest BCUT2D eigenvalue weighted by molar-refractivity contribution is 5.99. The van der Waals surface area contributed by atoms with Gasteiger partial charge in [0.1, 0.15) is 11.3 Å². The lowest BCUT2D eigenvalue weighted by atomic mass is 9.86. The minimum atomic E-state index is 0.227. The van der Waals surface area contributed by atoms with E-state index in [0.717, 1.165) is 68.3 Å². The standard InChI is InChI=1S/C54H47NO/c1-4-13-38(14-5-1)40-25-31-46(32-26-40)55(47-33-27-41(28-34-47)39-15-6-2-7-16-39)48-35-29-42(30-36-48)44-19-10-20-45(37-44)50-22-12-24-52-51-23-11-21-49(53(51)56-54(50)52)43-17-8-3-9-18-43/h1-6,8-15,17-20,22-25,27,29-30,33,35-37,46,49H,7,16,21,26,28,31-32,34H2. The fourth-order valence-corrected chi connectivity index (χ4v) is 9.44. The number of benzene rings is 5. The van der Waals surface area contributed by atoms with Gasteiger partial charge in [0.05, 0.1) is 0 Å². The molecular weight excluding hydrogens is 679 g/mol. The number of fused-ring (bicyclic) bond motifs is 3. The van der Waals surface area contributed by atoms with Gasteiger partial charge >= 0.3 is 0 Å². The number of hydrogen-bond donors (Lipinski definition) is 0. The molecule has 4 aliphatic carbocycles. The molecule has 5 aromatic carbocycles. The van der Waals surface area contributed by atoms with Gasteiger partial charge in [0.2, 0.25) is 0 Å². The van der Waals surface area contributed by atoms with Crippen molar-refractivity contribution < 1.29 is 4.42 Å². The first-order valence-corrected chi connectivity index (χ1v) is 20.5. The second-order valence-electron chi connectivity index (χ2n) is 15.7. The number of allylic oxidation sites excluding steroid dienone is 10. The van der Waals surface area contributed by atoms with Crippen LogP contribution in [0, 0.1) is 0 Å². The predicted octanol–water partition coefficient (Wildman–Crippen LogP) is 14.6. The molecule has 2 heteroatoms. The number of furan rings is 1. The first-order chi connectivity index (χ1) is 27.8. The molecule has 4 aliphatic rings. The summed E-state index contributed by atoms with van der Waals surface area (Å²) in [5, 5.41) is 1.18. The van der Waals surface area contributed by atoms with E-state index in [0.29, 0.717) is 6.04 Å². The van der Waals surface area contributed by atoms with Gasteiger partial charge in [-0.05, 0) is 120 Å². The zero-order valence-corrected chi connectivity index (χ0v) is 31.9. The summed E-state index contributed by atoms with van der Waals surface area (Å²) >= 11 is 0. The van der Waals surface area contributed by atoms with Crippen molar-refractivity contribution in [3.63, 3.8) is 0 Å². The highest BCUT2D eigenvalue weighted by atomic mass is 16.3. The average molecular weight is 726 g/mol. The number of nitrogens with zero attached hydrogens (tertiary/aromatic N) is 1. The van der Waals surface area contributed by atoms with Crippen LogP contribution in [0.3, 0.4) is 0 Å². The van der Waals surface area contributed by atoms with Crippen LogP contribution in [0.15, 0.2) is 191 Å². The minimum absolute atomic E-state index is 0.227. The lowest BCUT2D eigenvalue weighted by molar-refractivity contribution is 0.517. The summed E-state index contributed by atoms with van der Waals surface area (Å²) in [6, 6.07) is 47.0. The molecule has 0 aliphatic heterocycles. The van der Waals surface area contributed by atoms with Crippen molar-refractivity contribution in [2.45, 2.75) is 63.3 Å². The monoisotopic (exact) mass is 725 g/mol. The normalized spacial score (nSPS) is 19.1. The molecular formula is C54H47NO. The molecule has 0 saturated heterocycles. The third-order valence-electron chi connectivity index (χ3n) is 12.4. The van der Waals surface area contributed by atoms with Crippen molar-refractivity contribution in [1.29, 1.82) is 0 Å². The van der Waals surface area contributed by atoms with Gasteiger partial charge < -0.3 is 9.32 Å². The molecule has 2 atom stereocenters.